The SMILES string of the molecule is CCC.CCCCCCCCC=CCCCCCCCC(=O)C1C=CCN1C(=O)CCCCCCCC=CCCCCCCCC. The van der Waals surface area contributed by atoms with Crippen LogP contribution in [0.15, 0.2) is 36.5 Å². The summed E-state index contributed by atoms with van der Waals surface area (Å²) in [4.78, 5) is 27.5. The number of carbonyl (C=O) groups excluding carboxylic acids is 2. The summed E-state index contributed by atoms with van der Waals surface area (Å²) in [6, 6.07) is -0.313. The maximum absolute atomic E-state index is 12.8. The molecule has 0 saturated heterocycles. The van der Waals surface area contributed by atoms with E-state index in [2.05, 4.69) is 52.0 Å². The molecule has 3 heteroatoms. The first-order valence-corrected chi connectivity index (χ1v) is 20.4. The molecule has 1 heterocycles. The number of ketones is 1. The van der Waals surface area contributed by atoms with E-state index in [1.54, 1.807) is 0 Å². The van der Waals surface area contributed by atoms with Crippen molar-refractivity contribution < 1.29 is 9.59 Å². The van der Waals surface area contributed by atoms with Crippen molar-refractivity contribution in [1.29, 1.82) is 0 Å². The smallest absolute Gasteiger partial charge is 0.223 e. The van der Waals surface area contributed by atoms with E-state index in [0.29, 0.717) is 19.4 Å². The summed E-state index contributed by atoms with van der Waals surface area (Å²) in [6.07, 6.45) is 48.7. The lowest BCUT2D eigenvalue weighted by molar-refractivity contribution is -0.136. The first-order valence-electron chi connectivity index (χ1n) is 20.4. The minimum Gasteiger partial charge on any atom is -0.325 e. The first kappa shape index (κ1) is 44.4. The number of Topliss-reactive ketones (excluding diaryl/α,β-unsaturated/α-hetero) is 1. The molecule has 0 bridgehead atoms. The van der Waals surface area contributed by atoms with Crippen molar-refractivity contribution in [3.63, 3.8) is 0 Å². The second-order valence-corrected chi connectivity index (χ2v) is 13.8. The van der Waals surface area contributed by atoms with E-state index in [1.807, 2.05) is 17.1 Å². The highest BCUT2D eigenvalue weighted by atomic mass is 16.2. The summed E-state index contributed by atoms with van der Waals surface area (Å²) < 4.78 is 0. The molecule has 3 nitrogen and oxygen atoms in total. The van der Waals surface area contributed by atoms with Gasteiger partial charge in [0.25, 0.3) is 0 Å². The third kappa shape index (κ3) is 28.6. The second-order valence-electron chi connectivity index (χ2n) is 13.8. The van der Waals surface area contributed by atoms with Gasteiger partial charge in [0.1, 0.15) is 6.04 Å². The fraction of sp³-hybridized carbons (Fsp3) is 0.814. The van der Waals surface area contributed by atoms with E-state index in [9.17, 15) is 9.59 Å². The molecule has 1 aliphatic rings. The van der Waals surface area contributed by atoms with Crippen LogP contribution in [-0.4, -0.2) is 29.2 Å². The fourth-order valence-electron chi connectivity index (χ4n) is 6.07. The highest BCUT2D eigenvalue weighted by Gasteiger charge is 2.29. The van der Waals surface area contributed by atoms with Crippen LogP contribution in [0.1, 0.15) is 214 Å². The largest absolute Gasteiger partial charge is 0.325 e. The van der Waals surface area contributed by atoms with Gasteiger partial charge in [-0.15, -0.1) is 0 Å². The van der Waals surface area contributed by atoms with E-state index in [1.165, 1.54) is 148 Å². The second kappa shape index (κ2) is 36.2. The van der Waals surface area contributed by atoms with Crippen LogP contribution in [0.5, 0.6) is 0 Å². The summed E-state index contributed by atoms with van der Waals surface area (Å²) in [5.74, 6) is 0.384. The van der Waals surface area contributed by atoms with Gasteiger partial charge >= 0.3 is 0 Å². The fourth-order valence-corrected chi connectivity index (χ4v) is 6.07. The monoisotopic (exact) mass is 642 g/mol. The van der Waals surface area contributed by atoms with Crippen molar-refractivity contribution in [2.75, 3.05) is 6.54 Å². The molecule has 1 unspecified atom stereocenters. The molecule has 1 aliphatic heterocycles. The molecule has 1 amide bonds. The Balaban J connectivity index is 0.00000647. The molecular formula is C43H79NO2. The number of hydrogen-bond acceptors (Lipinski definition) is 2. The number of carbonyl (C=O) groups is 2. The Bertz CT molecular complexity index is 752. The Hall–Kier alpha value is -1.64. The zero-order chi connectivity index (χ0) is 33.8. The molecule has 0 N–H and O–H groups in total. The molecule has 1 atom stereocenters. The van der Waals surface area contributed by atoms with Crippen LogP contribution >= 0.6 is 0 Å². The molecule has 0 aliphatic carbocycles. The predicted octanol–water partition coefficient (Wildman–Crippen LogP) is 13.8. The van der Waals surface area contributed by atoms with Crippen LogP contribution in [0.2, 0.25) is 0 Å². The predicted molar refractivity (Wildman–Crippen MR) is 205 cm³/mol. The van der Waals surface area contributed by atoms with Crippen LogP contribution in [0, 0.1) is 0 Å². The lowest BCUT2D eigenvalue weighted by atomic mass is 10.0. The van der Waals surface area contributed by atoms with E-state index in [4.69, 9.17) is 0 Å². The van der Waals surface area contributed by atoms with Crippen LogP contribution < -0.4 is 0 Å². The number of hydrogen-bond donors (Lipinski definition) is 0. The molecule has 0 fully saturated rings. The van der Waals surface area contributed by atoms with Gasteiger partial charge in [0.2, 0.25) is 5.91 Å². The maximum atomic E-state index is 12.8. The molecule has 46 heavy (non-hydrogen) atoms. The summed E-state index contributed by atoms with van der Waals surface area (Å²) in [5.41, 5.74) is 0. The Morgan fingerprint density at radius 1 is 0.522 bits per heavy atom. The van der Waals surface area contributed by atoms with Crippen LogP contribution in [0.25, 0.3) is 0 Å². The third-order valence-corrected chi connectivity index (χ3v) is 8.94. The summed E-state index contributed by atoms with van der Waals surface area (Å²) in [5, 5.41) is 0. The minimum atomic E-state index is -0.313. The van der Waals surface area contributed by atoms with Gasteiger partial charge in [0.15, 0.2) is 5.78 Å². The molecule has 268 valence electrons. The molecule has 0 spiro atoms. The van der Waals surface area contributed by atoms with Gasteiger partial charge in [-0.25, -0.2) is 0 Å². The average Bonchev–Trinajstić information content (AvgIpc) is 3.55. The number of nitrogens with zero attached hydrogens (tertiary/aromatic N) is 1. The Kier molecular flexibility index (Phi) is 34.9. The number of rotatable bonds is 31. The van der Waals surface area contributed by atoms with Crippen molar-refractivity contribution in [2.24, 2.45) is 0 Å². The number of unbranched alkanes of at least 4 members (excludes halogenated alkanes) is 22. The topological polar surface area (TPSA) is 37.4 Å². The minimum absolute atomic E-state index is 0.158. The number of allylic oxidation sites excluding steroid dienone is 4. The summed E-state index contributed by atoms with van der Waals surface area (Å²) >= 11 is 0. The molecule has 1 rings (SSSR count). The summed E-state index contributed by atoms with van der Waals surface area (Å²) in [6.45, 7) is 9.40. The Labute approximate surface area is 288 Å². The van der Waals surface area contributed by atoms with E-state index in [0.717, 1.165) is 25.7 Å². The number of amides is 1. The molecule has 0 aromatic heterocycles. The van der Waals surface area contributed by atoms with Crippen molar-refractivity contribution in [2.45, 2.75) is 220 Å². The Morgan fingerprint density at radius 3 is 1.28 bits per heavy atom. The maximum Gasteiger partial charge on any atom is 0.223 e. The highest BCUT2D eigenvalue weighted by molar-refractivity contribution is 5.91. The normalized spacial score (nSPS) is 14.4. The molecule has 0 aromatic rings. The van der Waals surface area contributed by atoms with Crippen LogP contribution in [0.3, 0.4) is 0 Å². The summed E-state index contributed by atoms with van der Waals surface area (Å²) in [7, 11) is 0. The van der Waals surface area contributed by atoms with Crippen molar-refractivity contribution in [1.82, 2.24) is 4.90 Å². The molecule has 0 radical (unpaired) electrons. The van der Waals surface area contributed by atoms with Crippen molar-refractivity contribution >= 4 is 11.7 Å². The first-order chi connectivity index (χ1) is 22.6. The van der Waals surface area contributed by atoms with E-state index < -0.39 is 0 Å². The van der Waals surface area contributed by atoms with Gasteiger partial charge in [-0.1, -0.05) is 173 Å². The van der Waals surface area contributed by atoms with Gasteiger partial charge in [-0.3, -0.25) is 9.59 Å². The highest BCUT2D eigenvalue weighted by Crippen LogP contribution is 2.18. The molecular weight excluding hydrogens is 562 g/mol. The van der Waals surface area contributed by atoms with Gasteiger partial charge in [-0.05, 0) is 64.2 Å². The van der Waals surface area contributed by atoms with Crippen molar-refractivity contribution in [3.05, 3.63) is 36.5 Å². The zero-order valence-corrected chi connectivity index (χ0v) is 31.5. The average molecular weight is 642 g/mol. The quantitative estimate of drug-likeness (QED) is 0.0558. The molecule has 0 aromatic carbocycles. The van der Waals surface area contributed by atoms with E-state index in [-0.39, 0.29) is 17.7 Å². The van der Waals surface area contributed by atoms with Gasteiger partial charge < -0.3 is 4.90 Å². The standard InChI is InChI=1S/C40H71NO2.C3H8/c1-3-5-7-9-11-13-15-17-19-21-23-25-27-29-31-35-39(42)38-34-33-37-41(38)40(43)36-32-30-28-26-24-22-20-18-16-14-12-10-8-6-4-2;1-3-2/h17-20,33-34,38H,3-16,21-32,35-37H2,1-2H3;3H2,1-2H3. The van der Waals surface area contributed by atoms with Gasteiger partial charge in [0, 0.05) is 19.4 Å². The zero-order valence-electron chi connectivity index (χ0n) is 31.5. The molecule has 0 saturated carbocycles. The van der Waals surface area contributed by atoms with E-state index >= 15 is 0 Å². The van der Waals surface area contributed by atoms with Gasteiger partial charge in [0.05, 0.1) is 0 Å². The van der Waals surface area contributed by atoms with Gasteiger partial charge in [-0.2, -0.15) is 0 Å². The van der Waals surface area contributed by atoms with Crippen molar-refractivity contribution in [3.8, 4) is 0 Å². The Morgan fingerprint density at radius 2 is 0.870 bits per heavy atom. The van der Waals surface area contributed by atoms with Crippen LogP contribution in [-0.2, 0) is 9.59 Å². The van der Waals surface area contributed by atoms with Crippen LogP contribution in [0.4, 0.5) is 0 Å². The lowest BCUT2D eigenvalue weighted by Crippen LogP contribution is -2.40. The lowest BCUT2D eigenvalue weighted by Gasteiger charge is -2.23. The third-order valence-electron chi connectivity index (χ3n) is 8.94.